The molecule has 0 aromatic heterocycles. The predicted molar refractivity (Wildman–Crippen MR) is 126 cm³/mol. The van der Waals surface area contributed by atoms with E-state index in [1.807, 2.05) is 48.5 Å². The highest BCUT2D eigenvalue weighted by Gasteiger charge is 2.20. The fraction of sp³-hybridized carbons (Fsp3) is 0.167. The second-order valence-electron chi connectivity index (χ2n) is 6.72. The summed E-state index contributed by atoms with van der Waals surface area (Å²) in [5, 5.41) is 6.80. The van der Waals surface area contributed by atoms with Gasteiger partial charge in [-0.2, -0.15) is 0 Å². The standard InChI is InChI=1S/C24H22BrClN2O3/c1-2-31-22(29)15-27-23(16-6-4-3-5-7-16)20-14-18(25)10-13-21(20)28-24(30)17-8-11-19(26)12-9-17/h3-14,23,27H,2,15H2,1H3,(H,28,30)/t23-/m1/s1. The van der Waals surface area contributed by atoms with Crippen LogP contribution >= 0.6 is 27.5 Å². The molecule has 2 N–H and O–H groups in total. The van der Waals surface area contributed by atoms with Crippen LogP contribution in [-0.2, 0) is 9.53 Å². The van der Waals surface area contributed by atoms with Crippen LogP contribution in [-0.4, -0.2) is 25.0 Å². The van der Waals surface area contributed by atoms with E-state index in [-0.39, 0.29) is 24.5 Å². The molecule has 1 amide bonds. The highest BCUT2D eigenvalue weighted by atomic mass is 79.9. The molecule has 0 radical (unpaired) electrons. The number of rotatable bonds is 8. The van der Waals surface area contributed by atoms with Crippen LogP contribution in [0.5, 0.6) is 0 Å². The van der Waals surface area contributed by atoms with Gasteiger partial charge in [0, 0.05) is 20.7 Å². The molecule has 0 bridgehead atoms. The summed E-state index contributed by atoms with van der Waals surface area (Å²) in [6.07, 6.45) is 0. The lowest BCUT2D eigenvalue weighted by Crippen LogP contribution is -2.30. The molecule has 3 aromatic carbocycles. The lowest BCUT2D eigenvalue weighted by molar-refractivity contribution is -0.142. The van der Waals surface area contributed by atoms with Crippen LogP contribution in [0.4, 0.5) is 5.69 Å². The number of benzene rings is 3. The Kier molecular flexibility index (Phi) is 8.23. The first-order valence-electron chi connectivity index (χ1n) is 9.78. The number of hydrogen-bond acceptors (Lipinski definition) is 4. The average molecular weight is 502 g/mol. The molecule has 31 heavy (non-hydrogen) atoms. The number of carbonyl (C=O) groups excluding carboxylic acids is 2. The molecule has 0 saturated heterocycles. The molecule has 3 rings (SSSR count). The zero-order valence-corrected chi connectivity index (χ0v) is 19.2. The van der Waals surface area contributed by atoms with E-state index in [0.717, 1.165) is 15.6 Å². The number of anilines is 1. The number of carbonyl (C=O) groups is 2. The van der Waals surface area contributed by atoms with Crippen molar-refractivity contribution in [3.8, 4) is 0 Å². The summed E-state index contributed by atoms with van der Waals surface area (Å²) < 4.78 is 5.91. The average Bonchev–Trinajstić information content (AvgIpc) is 2.77. The largest absolute Gasteiger partial charge is 0.465 e. The first-order valence-corrected chi connectivity index (χ1v) is 11.0. The number of esters is 1. The summed E-state index contributed by atoms with van der Waals surface area (Å²) in [6, 6.07) is 21.7. The molecule has 0 aliphatic carbocycles. The van der Waals surface area contributed by atoms with Crippen LogP contribution in [0.3, 0.4) is 0 Å². The Labute approximate surface area is 194 Å². The van der Waals surface area contributed by atoms with Gasteiger partial charge in [-0.1, -0.05) is 57.9 Å². The van der Waals surface area contributed by atoms with Gasteiger partial charge in [-0.3, -0.25) is 14.9 Å². The quantitative estimate of drug-likeness (QED) is 0.395. The molecule has 3 aromatic rings. The highest BCUT2D eigenvalue weighted by Crippen LogP contribution is 2.31. The second kappa shape index (κ2) is 11.1. The van der Waals surface area contributed by atoms with E-state index in [4.69, 9.17) is 16.3 Å². The van der Waals surface area contributed by atoms with E-state index in [9.17, 15) is 9.59 Å². The smallest absolute Gasteiger partial charge is 0.319 e. The van der Waals surface area contributed by atoms with Crippen LogP contribution in [0.2, 0.25) is 5.02 Å². The fourth-order valence-corrected chi connectivity index (χ4v) is 3.64. The van der Waals surface area contributed by atoms with Gasteiger partial charge in [0.05, 0.1) is 19.2 Å². The normalized spacial score (nSPS) is 11.6. The van der Waals surface area contributed by atoms with Crippen LogP contribution in [0.25, 0.3) is 0 Å². The van der Waals surface area contributed by atoms with Crippen molar-refractivity contribution in [2.45, 2.75) is 13.0 Å². The van der Waals surface area contributed by atoms with E-state index >= 15 is 0 Å². The lowest BCUT2D eigenvalue weighted by Gasteiger charge is -2.23. The Morgan fingerprint density at radius 1 is 1.03 bits per heavy atom. The summed E-state index contributed by atoms with van der Waals surface area (Å²) in [5.74, 6) is -0.595. The molecule has 1 atom stereocenters. The Morgan fingerprint density at radius 2 is 1.74 bits per heavy atom. The molecule has 0 unspecified atom stereocenters. The Morgan fingerprint density at radius 3 is 2.42 bits per heavy atom. The zero-order chi connectivity index (χ0) is 22.2. The van der Waals surface area contributed by atoms with Gasteiger partial charge in [-0.25, -0.2) is 0 Å². The van der Waals surface area contributed by atoms with Gasteiger partial charge in [0.15, 0.2) is 0 Å². The molecule has 0 spiro atoms. The van der Waals surface area contributed by atoms with Crippen LogP contribution < -0.4 is 10.6 Å². The van der Waals surface area contributed by atoms with Crippen molar-refractivity contribution in [2.75, 3.05) is 18.5 Å². The third-order valence-corrected chi connectivity index (χ3v) is 5.31. The minimum atomic E-state index is -0.344. The topological polar surface area (TPSA) is 67.4 Å². The van der Waals surface area contributed by atoms with E-state index in [0.29, 0.717) is 22.9 Å². The monoisotopic (exact) mass is 500 g/mol. The molecule has 0 aliphatic heterocycles. The maximum Gasteiger partial charge on any atom is 0.319 e. The third-order valence-electron chi connectivity index (χ3n) is 4.57. The van der Waals surface area contributed by atoms with Crippen molar-refractivity contribution >= 4 is 45.1 Å². The molecule has 0 heterocycles. The van der Waals surface area contributed by atoms with Crippen molar-refractivity contribution in [1.82, 2.24) is 5.32 Å². The fourth-order valence-electron chi connectivity index (χ4n) is 3.13. The van der Waals surface area contributed by atoms with Gasteiger partial charge in [0.1, 0.15) is 0 Å². The first kappa shape index (κ1) is 23.0. The van der Waals surface area contributed by atoms with Crippen molar-refractivity contribution < 1.29 is 14.3 Å². The Balaban J connectivity index is 1.94. The molecule has 7 heteroatoms. The maximum absolute atomic E-state index is 12.8. The molecular weight excluding hydrogens is 480 g/mol. The molecular formula is C24H22BrClN2O3. The number of halogens is 2. The number of ether oxygens (including phenoxy) is 1. The minimum Gasteiger partial charge on any atom is -0.465 e. The van der Waals surface area contributed by atoms with Gasteiger partial charge in [0.2, 0.25) is 0 Å². The summed E-state index contributed by atoms with van der Waals surface area (Å²) in [7, 11) is 0. The number of amides is 1. The van der Waals surface area contributed by atoms with Crippen molar-refractivity contribution in [2.24, 2.45) is 0 Å². The van der Waals surface area contributed by atoms with Crippen LogP contribution in [0.15, 0.2) is 77.3 Å². The van der Waals surface area contributed by atoms with Crippen molar-refractivity contribution in [3.63, 3.8) is 0 Å². The summed E-state index contributed by atoms with van der Waals surface area (Å²) in [4.78, 5) is 24.8. The molecule has 0 saturated carbocycles. The highest BCUT2D eigenvalue weighted by molar-refractivity contribution is 9.10. The number of hydrogen-bond donors (Lipinski definition) is 2. The summed E-state index contributed by atoms with van der Waals surface area (Å²) in [5.41, 5.74) is 2.89. The molecule has 5 nitrogen and oxygen atoms in total. The second-order valence-corrected chi connectivity index (χ2v) is 8.07. The minimum absolute atomic E-state index is 0.0322. The zero-order valence-electron chi connectivity index (χ0n) is 16.9. The summed E-state index contributed by atoms with van der Waals surface area (Å²) >= 11 is 9.44. The first-order chi connectivity index (χ1) is 15.0. The number of nitrogens with one attached hydrogen (secondary N) is 2. The van der Waals surface area contributed by atoms with Crippen molar-refractivity contribution in [1.29, 1.82) is 0 Å². The van der Waals surface area contributed by atoms with Crippen LogP contribution in [0.1, 0.15) is 34.5 Å². The van der Waals surface area contributed by atoms with Gasteiger partial charge in [-0.15, -0.1) is 0 Å². The van der Waals surface area contributed by atoms with E-state index < -0.39 is 0 Å². The van der Waals surface area contributed by atoms with Gasteiger partial charge in [-0.05, 0) is 60.5 Å². The predicted octanol–water partition coefficient (Wildman–Crippen LogP) is 5.60. The molecule has 160 valence electrons. The van der Waals surface area contributed by atoms with Crippen LogP contribution in [0, 0.1) is 0 Å². The van der Waals surface area contributed by atoms with Gasteiger partial charge >= 0.3 is 5.97 Å². The molecule has 0 fully saturated rings. The lowest BCUT2D eigenvalue weighted by atomic mass is 9.96. The van der Waals surface area contributed by atoms with Gasteiger partial charge in [0.25, 0.3) is 5.91 Å². The third kappa shape index (κ3) is 6.40. The maximum atomic E-state index is 12.8. The Hall–Kier alpha value is -2.67. The van der Waals surface area contributed by atoms with E-state index in [2.05, 4.69) is 26.6 Å². The van der Waals surface area contributed by atoms with E-state index in [1.54, 1.807) is 31.2 Å². The van der Waals surface area contributed by atoms with Gasteiger partial charge < -0.3 is 10.1 Å². The molecule has 0 aliphatic rings. The van der Waals surface area contributed by atoms with E-state index in [1.165, 1.54) is 0 Å². The SMILES string of the molecule is CCOC(=O)CN[C@H](c1ccccc1)c1cc(Br)ccc1NC(=O)c1ccc(Cl)cc1. The summed E-state index contributed by atoms with van der Waals surface area (Å²) in [6.45, 7) is 2.12. The van der Waals surface area contributed by atoms with Crippen molar-refractivity contribution in [3.05, 3.63) is 99.0 Å². The Bertz CT molecular complexity index is 1040.